The van der Waals surface area contributed by atoms with Gasteiger partial charge < -0.3 is 9.13 Å². The number of hydrogen-bond acceptors (Lipinski definition) is 0. The summed E-state index contributed by atoms with van der Waals surface area (Å²) in [5.41, 5.74) is 8.42. The van der Waals surface area contributed by atoms with Crippen molar-refractivity contribution in [3.05, 3.63) is 206 Å². The molecule has 0 bridgehead atoms. The second kappa shape index (κ2) is 12.7. The lowest BCUT2D eigenvalue weighted by Crippen LogP contribution is -2.76. The third kappa shape index (κ3) is 4.88. The van der Waals surface area contributed by atoms with Crippen LogP contribution in [-0.4, -0.2) is 17.2 Å². The zero-order chi connectivity index (χ0) is 32.3. The molecule has 230 valence electrons. The van der Waals surface area contributed by atoms with Gasteiger partial charge in [0.05, 0.1) is 5.69 Å². The summed E-state index contributed by atoms with van der Waals surface area (Å²) in [5.74, 6) is 0. The highest BCUT2D eigenvalue weighted by Crippen LogP contribution is 2.39. The summed E-state index contributed by atoms with van der Waals surface area (Å²) >= 11 is 0. The van der Waals surface area contributed by atoms with Gasteiger partial charge >= 0.3 is 0 Å². The van der Waals surface area contributed by atoms with Gasteiger partial charge in [0.15, 0.2) is 0 Å². The zero-order valence-electron chi connectivity index (χ0n) is 26.9. The highest BCUT2D eigenvalue weighted by Gasteiger charge is 2.47. The summed E-state index contributed by atoms with van der Waals surface area (Å²) in [4.78, 5) is 0. The Labute approximate surface area is 283 Å². The van der Waals surface area contributed by atoms with Gasteiger partial charge in [-0.2, -0.15) is 0 Å². The maximum absolute atomic E-state index is 3.05. The van der Waals surface area contributed by atoms with Crippen molar-refractivity contribution in [2.75, 3.05) is 0 Å². The first-order valence-corrected chi connectivity index (χ1v) is 18.5. The molecule has 8 aromatic rings. The Bertz CT molecular complexity index is 2160. The van der Waals surface area contributed by atoms with E-state index in [-0.39, 0.29) is 0 Å². The molecule has 2 nitrogen and oxygen atoms in total. The molecule has 0 aliphatic heterocycles. The molecule has 6 aromatic carbocycles. The molecule has 0 spiro atoms. The van der Waals surface area contributed by atoms with E-state index in [0.29, 0.717) is 0 Å². The first-order chi connectivity index (χ1) is 23.8. The second-order valence-electron chi connectivity index (χ2n) is 12.2. The minimum Gasteiger partial charge on any atom is -0.320 e. The van der Waals surface area contributed by atoms with Crippen LogP contribution >= 0.6 is 0 Å². The molecule has 0 atom stereocenters. The molecule has 0 N–H and O–H groups in total. The molecule has 0 amide bonds. The molecule has 48 heavy (non-hydrogen) atoms. The molecule has 0 radical (unpaired) electrons. The Morgan fingerprint density at radius 3 is 1.29 bits per heavy atom. The standard InChI is InChI=1S/C45H36N2Si/c1-35-43(36-21-8-2-9-22-36)44(42-33-20-34-46(42)37-23-10-3-11-24-37)45(47(35)38-25-12-4-13-26-38)48(39-27-14-5-15-28-39,40-29-16-6-17-30-40)41-31-18-7-19-32-41/h2-34H,1H3. The number of hydrogen-bond donors (Lipinski definition) is 0. The van der Waals surface area contributed by atoms with Crippen LogP contribution in [0.15, 0.2) is 200 Å². The van der Waals surface area contributed by atoms with E-state index in [9.17, 15) is 0 Å². The number of benzene rings is 6. The minimum atomic E-state index is -3.05. The Morgan fingerprint density at radius 2 is 0.812 bits per heavy atom. The highest BCUT2D eigenvalue weighted by atomic mass is 28.3. The topological polar surface area (TPSA) is 9.86 Å². The Balaban J connectivity index is 1.65. The molecule has 0 unspecified atom stereocenters. The van der Waals surface area contributed by atoms with Crippen molar-refractivity contribution in [3.8, 4) is 33.8 Å². The SMILES string of the molecule is Cc1c(-c2ccccc2)c(-c2cccn2-c2ccccc2)c([Si](c2ccccc2)(c2ccccc2)c2ccccc2)n1-c1ccccc1. The molecular weight excluding hydrogens is 597 g/mol. The predicted octanol–water partition coefficient (Wildman–Crippen LogP) is 8.29. The van der Waals surface area contributed by atoms with E-state index < -0.39 is 8.07 Å². The van der Waals surface area contributed by atoms with Gasteiger partial charge in [-0.25, -0.2) is 0 Å². The maximum Gasteiger partial charge on any atom is 0.200 e. The van der Waals surface area contributed by atoms with Crippen molar-refractivity contribution in [2.24, 2.45) is 0 Å². The van der Waals surface area contributed by atoms with Crippen molar-refractivity contribution in [3.63, 3.8) is 0 Å². The molecule has 2 heterocycles. The fraction of sp³-hybridized carbons (Fsp3) is 0.0222. The van der Waals surface area contributed by atoms with Crippen LogP contribution in [0.25, 0.3) is 33.8 Å². The van der Waals surface area contributed by atoms with Gasteiger partial charge in [0, 0.05) is 39.7 Å². The van der Waals surface area contributed by atoms with Gasteiger partial charge in [-0.3, -0.25) is 0 Å². The van der Waals surface area contributed by atoms with Gasteiger partial charge in [0.1, 0.15) is 0 Å². The fourth-order valence-corrected chi connectivity index (χ4v) is 12.7. The summed E-state index contributed by atoms with van der Waals surface area (Å²) < 4.78 is 4.94. The van der Waals surface area contributed by atoms with E-state index in [1.807, 2.05) is 0 Å². The molecule has 0 saturated heterocycles. The molecular formula is C45H36N2Si. The molecule has 3 heteroatoms. The van der Waals surface area contributed by atoms with E-state index in [1.165, 1.54) is 49.0 Å². The normalized spacial score (nSPS) is 11.4. The summed E-state index contributed by atoms with van der Waals surface area (Å²) in [6.45, 7) is 2.30. The molecule has 2 aromatic heterocycles. The van der Waals surface area contributed by atoms with Crippen LogP contribution in [0.1, 0.15) is 5.69 Å². The first kappa shape index (κ1) is 29.5. The van der Waals surface area contributed by atoms with Gasteiger partial charge in [-0.15, -0.1) is 0 Å². The summed E-state index contributed by atoms with van der Waals surface area (Å²) in [5, 5.41) is 5.37. The van der Waals surface area contributed by atoms with Gasteiger partial charge in [0.2, 0.25) is 8.07 Å². The lowest BCUT2D eigenvalue weighted by atomic mass is 10.00. The van der Waals surface area contributed by atoms with E-state index >= 15 is 0 Å². The van der Waals surface area contributed by atoms with Gasteiger partial charge in [0.25, 0.3) is 0 Å². The van der Waals surface area contributed by atoms with Crippen molar-refractivity contribution >= 4 is 29.0 Å². The smallest absolute Gasteiger partial charge is 0.200 e. The average molecular weight is 633 g/mol. The fourth-order valence-electron chi connectivity index (χ4n) is 7.53. The predicted molar refractivity (Wildman–Crippen MR) is 204 cm³/mol. The van der Waals surface area contributed by atoms with Crippen LogP contribution in [-0.2, 0) is 0 Å². The third-order valence-electron chi connectivity index (χ3n) is 9.50. The lowest BCUT2D eigenvalue weighted by Gasteiger charge is -2.36. The summed E-state index contributed by atoms with van der Waals surface area (Å²) in [7, 11) is -3.05. The van der Waals surface area contributed by atoms with E-state index in [0.717, 1.165) is 11.4 Å². The molecule has 8 rings (SSSR count). The largest absolute Gasteiger partial charge is 0.320 e. The van der Waals surface area contributed by atoms with Crippen molar-refractivity contribution < 1.29 is 0 Å². The van der Waals surface area contributed by atoms with E-state index in [1.54, 1.807) is 0 Å². The minimum absolute atomic E-state index is 1.14. The number of nitrogens with zero attached hydrogens (tertiary/aromatic N) is 2. The zero-order valence-corrected chi connectivity index (χ0v) is 27.9. The third-order valence-corrected chi connectivity index (χ3v) is 14.3. The quantitative estimate of drug-likeness (QED) is 0.118. The van der Waals surface area contributed by atoms with Crippen molar-refractivity contribution in [2.45, 2.75) is 6.92 Å². The molecule has 0 aliphatic rings. The summed E-state index contributed by atoms with van der Waals surface area (Å²) in [6, 6.07) is 70.8. The molecule has 0 aliphatic carbocycles. The van der Waals surface area contributed by atoms with Crippen molar-refractivity contribution in [1.82, 2.24) is 9.13 Å². The van der Waals surface area contributed by atoms with Crippen LogP contribution in [0.2, 0.25) is 0 Å². The summed E-state index contributed by atoms with van der Waals surface area (Å²) in [6.07, 6.45) is 2.20. The molecule has 0 fully saturated rings. The second-order valence-corrected chi connectivity index (χ2v) is 15.9. The highest BCUT2D eigenvalue weighted by molar-refractivity contribution is 7.20. The van der Waals surface area contributed by atoms with Gasteiger partial charge in [-0.05, 0) is 64.4 Å². The number of para-hydroxylation sites is 2. The Morgan fingerprint density at radius 1 is 0.396 bits per heavy atom. The van der Waals surface area contributed by atoms with Crippen LogP contribution in [0, 0.1) is 6.92 Å². The Kier molecular flexibility index (Phi) is 7.81. The number of aromatic nitrogens is 2. The number of rotatable bonds is 8. The van der Waals surface area contributed by atoms with Crippen LogP contribution in [0.3, 0.4) is 0 Å². The maximum atomic E-state index is 2.58. The Hall–Kier alpha value is -5.90. The van der Waals surface area contributed by atoms with Crippen molar-refractivity contribution in [1.29, 1.82) is 0 Å². The first-order valence-electron chi connectivity index (χ1n) is 16.5. The molecule has 0 saturated carbocycles. The van der Waals surface area contributed by atoms with Crippen LogP contribution < -0.4 is 20.9 Å². The van der Waals surface area contributed by atoms with E-state index in [4.69, 9.17) is 0 Å². The monoisotopic (exact) mass is 632 g/mol. The van der Waals surface area contributed by atoms with Crippen LogP contribution in [0.5, 0.6) is 0 Å². The van der Waals surface area contributed by atoms with Gasteiger partial charge in [-0.1, -0.05) is 158 Å². The average Bonchev–Trinajstić information content (AvgIpc) is 3.77. The van der Waals surface area contributed by atoms with E-state index in [2.05, 4.69) is 216 Å². The van der Waals surface area contributed by atoms with Crippen LogP contribution in [0.4, 0.5) is 0 Å². The lowest BCUT2D eigenvalue weighted by molar-refractivity contribution is 1.04.